The fraction of sp³-hybridized carbons (Fsp3) is 0.312. The molecule has 1 aromatic heterocycles. The molecule has 1 fully saturated rings. The molecule has 22 heavy (non-hydrogen) atoms. The van der Waals surface area contributed by atoms with Gasteiger partial charge in [0.2, 0.25) is 0 Å². The van der Waals surface area contributed by atoms with Crippen LogP contribution in [0.3, 0.4) is 0 Å². The lowest BCUT2D eigenvalue weighted by Crippen LogP contribution is -2.48. The van der Waals surface area contributed by atoms with Gasteiger partial charge in [0.05, 0.1) is 0 Å². The average Bonchev–Trinajstić information content (AvgIpc) is 3.00. The van der Waals surface area contributed by atoms with Crippen LogP contribution in [0.4, 0.5) is 8.78 Å². The Labute approximate surface area is 131 Å². The number of amides is 1. The Morgan fingerprint density at radius 3 is 2.36 bits per heavy atom. The third kappa shape index (κ3) is 3.18. The van der Waals surface area contributed by atoms with Gasteiger partial charge in [0.15, 0.2) is 0 Å². The normalized spacial score (nSPS) is 16.0. The molecule has 0 unspecified atom stereocenters. The van der Waals surface area contributed by atoms with Crippen LogP contribution in [0.25, 0.3) is 0 Å². The topological polar surface area (TPSA) is 23.6 Å². The summed E-state index contributed by atoms with van der Waals surface area (Å²) < 4.78 is 27.4. The first-order chi connectivity index (χ1) is 10.6. The lowest BCUT2D eigenvalue weighted by Gasteiger charge is -2.34. The molecule has 1 aromatic carbocycles. The molecule has 0 bridgehead atoms. The van der Waals surface area contributed by atoms with Crippen LogP contribution < -0.4 is 0 Å². The molecule has 3 rings (SSSR count). The minimum Gasteiger partial charge on any atom is -0.336 e. The molecule has 116 valence electrons. The number of piperazine rings is 1. The van der Waals surface area contributed by atoms with E-state index in [-0.39, 0.29) is 0 Å². The van der Waals surface area contributed by atoms with E-state index in [4.69, 9.17) is 0 Å². The molecule has 0 atom stereocenters. The molecule has 0 N–H and O–H groups in total. The van der Waals surface area contributed by atoms with Crippen LogP contribution >= 0.6 is 11.3 Å². The summed E-state index contributed by atoms with van der Waals surface area (Å²) in [6, 6.07) is 5.57. The van der Waals surface area contributed by atoms with Crippen molar-refractivity contribution in [3.05, 3.63) is 57.8 Å². The number of rotatable bonds is 3. The Bertz CT molecular complexity index is 632. The van der Waals surface area contributed by atoms with Gasteiger partial charge in [0.1, 0.15) is 17.2 Å². The summed E-state index contributed by atoms with van der Waals surface area (Å²) in [6.07, 6.45) is 0. The predicted octanol–water partition coefficient (Wildman–Crippen LogP) is 2.98. The van der Waals surface area contributed by atoms with Gasteiger partial charge >= 0.3 is 0 Å². The molecule has 3 nitrogen and oxygen atoms in total. The van der Waals surface area contributed by atoms with Gasteiger partial charge in [-0.05, 0) is 34.5 Å². The van der Waals surface area contributed by atoms with Crippen LogP contribution in [0.1, 0.15) is 15.9 Å². The number of carbonyl (C=O) groups is 1. The second kappa shape index (κ2) is 6.54. The number of hydrogen-bond acceptors (Lipinski definition) is 3. The van der Waals surface area contributed by atoms with Crippen LogP contribution in [-0.4, -0.2) is 41.9 Å². The SMILES string of the molecule is O=C(c1c(F)cccc1F)N1CCN(Cc2ccsc2)CC1. The highest BCUT2D eigenvalue weighted by molar-refractivity contribution is 7.07. The van der Waals surface area contributed by atoms with Crippen molar-refractivity contribution in [3.8, 4) is 0 Å². The first-order valence-corrected chi connectivity index (χ1v) is 8.06. The third-order valence-electron chi connectivity index (χ3n) is 3.82. The number of nitrogens with zero attached hydrogens (tertiary/aromatic N) is 2. The maximum atomic E-state index is 13.7. The van der Waals surface area contributed by atoms with E-state index < -0.39 is 23.1 Å². The Morgan fingerprint density at radius 1 is 1.09 bits per heavy atom. The smallest absolute Gasteiger partial charge is 0.259 e. The second-order valence-corrected chi connectivity index (χ2v) is 6.08. The molecule has 1 amide bonds. The van der Waals surface area contributed by atoms with E-state index in [1.807, 2.05) is 5.38 Å². The van der Waals surface area contributed by atoms with Crippen molar-refractivity contribution < 1.29 is 13.6 Å². The molecule has 6 heteroatoms. The molecule has 0 radical (unpaired) electrons. The molecule has 1 saturated heterocycles. The van der Waals surface area contributed by atoms with Crippen LogP contribution in [0.15, 0.2) is 35.0 Å². The van der Waals surface area contributed by atoms with E-state index in [2.05, 4.69) is 16.3 Å². The lowest BCUT2D eigenvalue weighted by atomic mass is 10.1. The highest BCUT2D eigenvalue weighted by atomic mass is 32.1. The van der Waals surface area contributed by atoms with Crippen molar-refractivity contribution in [2.45, 2.75) is 6.54 Å². The maximum Gasteiger partial charge on any atom is 0.259 e. The van der Waals surface area contributed by atoms with Crippen molar-refractivity contribution in [1.29, 1.82) is 0 Å². The first kappa shape index (κ1) is 15.1. The number of benzene rings is 1. The first-order valence-electron chi connectivity index (χ1n) is 7.12. The van der Waals surface area contributed by atoms with Crippen molar-refractivity contribution >= 4 is 17.2 Å². The van der Waals surface area contributed by atoms with E-state index in [9.17, 15) is 13.6 Å². The van der Waals surface area contributed by atoms with Crippen LogP contribution in [0, 0.1) is 11.6 Å². The van der Waals surface area contributed by atoms with Gasteiger partial charge in [0, 0.05) is 32.7 Å². The summed E-state index contributed by atoms with van der Waals surface area (Å²) in [6.45, 7) is 3.22. The Kier molecular flexibility index (Phi) is 4.49. The Morgan fingerprint density at radius 2 is 1.77 bits per heavy atom. The zero-order valence-electron chi connectivity index (χ0n) is 12.0. The summed E-state index contributed by atoms with van der Waals surface area (Å²) >= 11 is 1.66. The standard InChI is InChI=1S/C16H16F2N2OS/c17-13-2-1-3-14(18)15(13)16(21)20-7-5-19(6-8-20)10-12-4-9-22-11-12/h1-4,9,11H,5-8,10H2. The maximum absolute atomic E-state index is 13.7. The van der Waals surface area contributed by atoms with Crippen molar-refractivity contribution in [3.63, 3.8) is 0 Å². The zero-order chi connectivity index (χ0) is 15.5. The second-order valence-electron chi connectivity index (χ2n) is 5.30. The van der Waals surface area contributed by atoms with E-state index in [0.29, 0.717) is 26.2 Å². The lowest BCUT2D eigenvalue weighted by molar-refractivity contribution is 0.0619. The summed E-state index contributed by atoms with van der Waals surface area (Å²) in [4.78, 5) is 16.1. The van der Waals surface area contributed by atoms with Gasteiger partial charge in [0.25, 0.3) is 5.91 Å². The van der Waals surface area contributed by atoms with Gasteiger partial charge in [-0.3, -0.25) is 9.69 Å². The van der Waals surface area contributed by atoms with E-state index in [0.717, 1.165) is 18.7 Å². The fourth-order valence-corrected chi connectivity index (χ4v) is 3.27. The third-order valence-corrected chi connectivity index (χ3v) is 4.55. The minimum absolute atomic E-state index is 0.450. The zero-order valence-corrected chi connectivity index (χ0v) is 12.8. The highest BCUT2D eigenvalue weighted by Gasteiger charge is 2.26. The summed E-state index contributed by atoms with van der Waals surface area (Å²) in [5.74, 6) is -2.16. The minimum atomic E-state index is -0.800. The van der Waals surface area contributed by atoms with E-state index in [1.165, 1.54) is 16.5 Å². The van der Waals surface area contributed by atoms with Gasteiger partial charge < -0.3 is 4.90 Å². The number of hydrogen-bond donors (Lipinski definition) is 0. The summed E-state index contributed by atoms with van der Waals surface area (Å²) in [5.41, 5.74) is 0.804. The summed E-state index contributed by atoms with van der Waals surface area (Å²) in [5, 5.41) is 4.14. The number of thiophene rings is 1. The van der Waals surface area contributed by atoms with Gasteiger partial charge in [-0.25, -0.2) is 8.78 Å². The quantitative estimate of drug-likeness (QED) is 0.867. The molecule has 2 aromatic rings. The van der Waals surface area contributed by atoms with E-state index in [1.54, 1.807) is 11.3 Å². The van der Waals surface area contributed by atoms with Gasteiger partial charge in [-0.15, -0.1) is 0 Å². The molecule has 1 aliphatic heterocycles. The molecule has 0 aliphatic carbocycles. The molecular weight excluding hydrogens is 306 g/mol. The molecule has 0 spiro atoms. The monoisotopic (exact) mass is 322 g/mol. The fourth-order valence-electron chi connectivity index (χ4n) is 2.61. The van der Waals surface area contributed by atoms with Crippen molar-refractivity contribution in [2.24, 2.45) is 0 Å². The average molecular weight is 322 g/mol. The van der Waals surface area contributed by atoms with Crippen LogP contribution in [-0.2, 0) is 6.54 Å². The number of halogens is 2. The Hall–Kier alpha value is -1.79. The molecular formula is C16H16F2N2OS. The molecule has 0 saturated carbocycles. The summed E-state index contributed by atoms with van der Waals surface area (Å²) in [7, 11) is 0. The highest BCUT2D eigenvalue weighted by Crippen LogP contribution is 2.17. The van der Waals surface area contributed by atoms with Crippen molar-refractivity contribution in [2.75, 3.05) is 26.2 Å². The predicted molar refractivity (Wildman–Crippen MR) is 81.9 cm³/mol. The van der Waals surface area contributed by atoms with Crippen LogP contribution in [0.5, 0.6) is 0 Å². The Balaban J connectivity index is 1.62. The van der Waals surface area contributed by atoms with E-state index >= 15 is 0 Å². The largest absolute Gasteiger partial charge is 0.336 e. The molecule has 2 heterocycles. The van der Waals surface area contributed by atoms with Crippen LogP contribution in [0.2, 0.25) is 0 Å². The van der Waals surface area contributed by atoms with Gasteiger partial charge in [-0.1, -0.05) is 6.07 Å². The molecule has 1 aliphatic rings. The van der Waals surface area contributed by atoms with Crippen molar-refractivity contribution in [1.82, 2.24) is 9.80 Å². The number of carbonyl (C=O) groups excluding carboxylic acids is 1. The van der Waals surface area contributed by atoms with Gasteiger partial charge in [-0.2, -0.15) is 11.3 Å².